The summed E-state index contributed by atoms with van der Waals surface area (Å²) in [6, 6.07) is 11.9. The lowest BCUT2D eigenvalue weighted by Gasteiger charge is -2.16. The molecule has 1 aliphatic rings. The molecule has 2 heterocycles. The molecule has 7 nitrogen and oxygen atoms in total. The maximum absolute atomic E-state index is 13.0. The minimum Gasteiger partial charge on any atom is -0.490 e. The van der Waals surface area contributed by atoms with Gasteiger partial charge in [0.05, 0.1) is 17.9 Å². The Morgan fingerprint density at radius 2 is 1.89 bits per heavy atom. The summed E-state index contributed by atoms with van der Waals surface area (Å²) in [7, 11) is 0. The van der Waals surface area contributed by atoms with Gasteiger partial charge >= 0.3 is 12.1 Å². The number of amides is 2. The highest BCUT2D eigenvalue weighted by atomic mass is 32.1. The van der Waals surface area contributed by atoms with Crippen LogP contribution in [0.2, 0.25) is 0 Å². The molecular weight excluding hydrogens is 485 g/mol. The van der Waals surface area contributed by atoms with Gasteiger partial charge in [0.15, 0.2) is 11.5 Å². The summed E-state index contributed by atoms with van der Waals surface area (Å²) in [5.41, 5.74) is 1.28. The second-order valence-electron chi connectivity index (χ2n) is 7.19. The van der Waals surface area contributed by atoms with Crippen molar-refractivity contribution in [3.63, 3.8) is 0 Å². The van der Waals surface area contributed by atoms with Gasteiger partial charge in [-0.3, -0.25) is 15.0 Å². The predicted octanol–water partition coefficient (Wildman–Crippen LogP) is 4.85. The van der Waals surface area contributed by atoms with Crippen LogP contribution in [0.15, 0.2) is 65.6 Å². The molecule has 2 aromatic carbocycles. The van der Waals surface area contributed by atoms with Gasteiger partial charge < -0.3 is 9.47 Å². The molecule has 3 aromatic rings. The minimum atomic E-state index is -4.61. The largest absolute Gasteiger partial charge is 0.490 e. The van der Waals surface area contributed by atoms with E-state index in [1.54, 1.807) is 24.4 Å². The number of thiophene rings is 1. The highest BCUT2D eigenvalue weighted by molar-refractivity contribution is 7.12. The molecule has 1 aliphatic heterocycles. The Balaban J connectivity index is 1.60. The van der Waals surface area contributed by atoms with Crippen LogP contribution >= 0.6 is 11.3 Å². The van der Waals surface area contributed by atoms with Gasteiger partial charge in [0, 0.05) is 0 Å². The molecule has 1 aromatic heterocycles. The van der Waals surface area contributed by atoms with Crippen molar-refractivity contribution in [3.05, 3.63) is 81.6 Å². The normalized spacial score (nSPS) is 14.9. The molecular formula is C24H17F3N2O5S. The van der Waals surface area contributed by atoms with Gasteiger partial charge in [0.1, 0.15) is 10.5 Å². The predicted molar refractivity (Wildman–Crippen MR) is 122 cm³/mol. The average molecular weight is 502 g/mol. The van der Waals surface area contributed by atoms with E-state index in [0.29, 0.717) is 10.4 Å². The molecule has 0 bridgehead atoms. The number of rotatable bonds is 6. The van der Waals surface area contributed by atoms with E-state index in [4.69, 9.17) is 9.47 Å². The van der Waals surface area contributed by atoms with Gasteiger partial charge in [0.25, 0.3) is 11.8 Å². The van der Waals surface area contributed by atoms with E-state index in [0.717, 1.165) is 23.2 Å². The van der Waals surface area contributed by atoms with Crippen LogP contribution in [0.5, 0.6) is 11.5 Å². The lowest BCUT2D eigenvalue weighted by Crippen LogP contribution is -2.35. The van der Waals surface area contributed by atoms with Crippen LogP contribution in [0.1, 0.15) is 27.7 Å². The Kier molecular flexibility index (Phi) is 6.61. The number of benzene rings is 2. The summed E-state index contributed by atoms with van der Waals surface area (Å²) < 4.78 is 50.1. The van der Waals surface area contributed by atoms with Crippen LogP contribution < -0.4 is 19.9 Å². The first-order valence-electron chi connectivity index (χ1n) is 10.2. The Labute approximate surface area is 201 Å². The van der Waals surface area contributed by atoms with E-state index in [1.807, 2.05) is 0 Å². The number of carbonyl (C=O) groups is 3. The topological polar surface area (TPSA) is 84.9 Å². The summed E-state index contributed by atoms with van der Waals surface area (Å²) in [6.45, 7) is 1.99. The van der Waals surface area contributed by atoms with Crippen molar-refractivity contribution in [2.24, 2.45) is 0 Å². The molecule has 2 amide bonds. The van der Waals surface area contributed by atoms with Gasteiger partial charge in [-0.1, -0.05) is 18.2 Å². The number of carbonyl (C=O) groups excluding carboxylic acids is 3. The summed E-state index contributed by atoms with van der Waals surface area (Å²) in [5.74, 6) is -1.79. The molecule has 0 spiro atoms. The average Bonchev–Trinajstić information content (AvgIpc) is 3.45. The zero-order valence-electron chi connectivity index (χ0n) is 18.1. The van der Waals surface area contributed by atoms with Crippen molar-refractivity contribution >= 4 is 40.9 Å². The van der Waals surface area contributed by atoms with Gasteiger partial charge in [-0.2, -0.15) is 13.2 Å². The maximum atomic E-state index is 13.0. The second kappa shape index (κ2) is 9.63. The molecule has 0 atom stereocenters. The summed E-state index contributed by atoms with van der Waals surface area (Å²) >= 11 is 1.22. The zero-order chi connectivity index (χ0) is 25.2. The first kappa shape index (κ1) is 24.0. The zero-order valence-corrected chi connectivity index (χ0v) is 18.9. The van der Waals surface area contributed by atoms with Crippen molar-refractivity contribution in [1.82, 2.24) is 5.43 Å². The molecule has 0 radical (unpaired) electrons. The highest BCUT2D eigenvalue weighted by Gasteiger charge is 2.36. The number of halogens is 3. The second-order valence-corrected chi connectivity index (χ2v) is 8.14. The molecule has 4 rings (SSSR count). The lowest BCUT2D eigenvalue weighted by molar-refractivity contribution is -0.137. The standard InChI is InChI=1S/C24H17F3N2O5S/c1-2-33-19-12-14(8-9-18(19)34-23(32)20-7-4-10-35-20)11-17-21(30)28-29(22(17)31)16-6-3-5-15(13-16)24(25,26)27/h3-13H,2H2,1H3,(H,28,30). The fourth-order valence-corrected chi connectivity index (χ4v) is 3.84. The van der Waals surface area contributed by atoms with E-state index >= 15 is 0 Å². The van der Waals surface area contributed by atoms with Crippen LogP contribution in [0.4, 0.5) is 18.9 Å². The third-order valence-corrected chi connectivity index (χ3v) is 5.68. The molecule has 0 saturated carbocycles. The van der Waals surface area contributed by atoms with Gasteiger partial charge in [-0.05, 0) is 60.3 Å². The first-order valence-corrected chi connectivity index (χ1v) is 11.1. The number of ether oxygens (including phenoxy) is 2. The lowest BCUT2D eigenvalue weighted by atomic mass is 10.1. The van der Waals surface area contributed by atoms with Crippen LogP contribution in [0, 0.1) is 0 Å². The number of hydrogen-bond acceptors (Lipinski definition) is 6. The molecule has 1 saturated heterocycles. The molecule has 35 heavy (non-hydrogen) atoms. The van der Waals surface area contributed by atoms with Gasteiger partial charge in [0.2, 0.25) is 0 Å². The molecule has 1 N–H and O–H groups in total. The third-order valence-electron chi connectivity index (χ3n) is 4.83. The van der Waals surface area contributed by atoms with Crippen LogP contribution in [0.25, 0.3) is 6.08 Å². The molecule has 1 fully saturated rings. The van der Waals surface area contributed by atoms with Crippen LogP contribution in [-0.4, -0.2) is 24.4 Å². The van der Waals surface area contributed by atoms with Crippen molar-refractivity contribution in [1.29, 1.82) is 0 Å². The monoisotopic (exact) mass is 502 g/mol. The van der Waals surface area contributed by atoms with Crippen LogP contribution in [0.3, 0.4) is 0 Å². The van der Waals surface area contributed by atoms with Gasteiger partial charge in [-0.15, -0.1) is 11.3 Å². The van der Waals surface area contributed by atoms with Gasteiger partial charge in [-0.25, -0.2) is 9.80 Å². The van der Waals surface area contributed by atoms with E-state index in [-0.39, 0.29) is 29.4 Å². The number of hydrazine groups is 1. The number of nitrogens with one attached hydrogen (secondary N) is 1. The Morgan fingerprint density at radius 1 is 1.09 bits per heavy atom. The summed E-state index contributed by atoms with van der Waals surface area (Å²) in [4.78, 5) is 38.0. The smallest absolute Gasteiger partial charge is 0.416 e. The molecule has 0 unspecified atom stereocenters. The fraction of sp³-hybridized carbons (Fsp3) is 0.125. The molecule has 0 aliphatic carbocycles. The van der Waals surface area contributed by atoms with Crippen molar-refractivity contribution in [2.75, 3.05) is 11.6 Å². The Bertz CT molecular complexity index is 1320. The first-order chi connectivity index (χ1) is 16.7. The highest BCUT2D eigenvalue weighted by Crippen LogP contribution is 2.33. The van der Waals surface area contributed by atoms with E-state index in [2.05, 4.69) is 5.43 Å². The maximum Gasteiger partial charge on any atom is 0.416 e. The Hall–Kier alpha value is -4.12. The number of alkyl halides is 3. The molecule has 180 valence electrons. The van der Waals surface area contributed by atoms with E-state index in [1.165, 1.54) is 41.7 Å². The number of hydrogen-bond donors (Lipinski definition) is 1. The minimum absolute atomic E-state index is 0.132. The van der Waals surface area contributed by atoms with Crippen LogP contribution in [-0.2, 0) is 15.8 Å². The summed E-state index contributed by atoms with van der Waals surface area (Å²) in [5, 5.41) is 2.49. The SMILES string of the molecule is CCOc1cc(C=C2C(=O)NN(c3cccc(C(F)(F)F)c3)C2=O)ccc1OC(=O)c1cccs1. The molecule has 11 heteroatoms. The third kappa shape index (κ3) is 5.19. The quantitative estimate of drug-likeness (QED) is 0.226. The summed E-state index contributed by atoms with van der Waals surface area (Å²) in [6.07, 6.45) is -3.33. The van der Waals surface area contributed by atoms with Crippen molar-refractivity contribution in [2.45, 2.75) is 13.1 Å². The number of anilines is 1. The number of esters is 1. The number of nitrogens with zero attached hydrogens (tertiary/aromatic N) is 1. The Morgan fingerprint density at radius 3 is 2.57 bits per heavy atom. The van der Waals surface area contributed by atoms with E-state index < -0.39 is 29.5 Å². The van der Waals surface area contributed by atoms with E-state index in [9.17, 15) is 27.6 Å². The van der Waals surface area contributed by atoms with Crippen molar-refractivity contribution in [3.8, 4) is 11.5 Å². The van der Waals surface area contributed by atoms with Crippen molar-refractivity contribution < 1.29 is 37.0 Å². The fourth-order valence-electron chi connectivity index (χ4n) is 3.24.